The molecule has 1 fully saturated rings. The molecule has 1 aliphatic rings. The molecule has 0 spiro atoms. The number of hydrogen-bond donors (Lipinski definition) is 1. The molecule has 7 nitrogen and oxygen atoms in total. The number of benzene rings is 2. The lowest BCUT2D eigenvalue weighted by atomic mass is 10.2. The van der Waals surface area contributed by atoms with Crippen LogP contribution in [0.3, 0.4) is 0 Å². The molecule has 1 aliphatic heterocycles. The number of aryl methyl sites for hydroxylation is 1. The molecule has 0 radical (unpaired) electrons. The van der Waals surface area contributed by atoms with E-state index in [2.05, 4.69) is 5.32 Å². The van der Waals surface area contributed by atoms with Gasteiger partial charge in [-0.1, -0.05) is 29.8 Å². The number of urea groups is 1. The molecule has 2 aromatic carbocycles. The van der Waals surface area contributed by atoms with Crippen molar-refractivity contribution in [3.05, 3.63) is 93.4 Å². The van der Waals surface area contributed by atoms with Crippen LogP contribution in [-0.4, -0.2) is 34.0 Å². The zero-order chi connectivity index (χ0) is 24.4. The zero-order valence-corrected chi connectivity index (χ0v) is 19.8. The van der Waals surface area contributed by atoms with Crippen LogP contribution in [0, 0.1) is 13.8 Å². The van der Waals surface area contributed by atoms with E-state index in [1.165, 1.54) is 0 Å². The number of nitrogens with zero attached hydrogens (tertiary/aromatic N) is 2. The highest BCUT2D eigenvalue weighted by molar-refractivity contribution is 6.30. The number of carbonyl (C=O) groups excluding carboxylic acids is 3. The highest BCUT2D eigenvalue weighted by Gasteiger charge is 2.33. The maximum Gasteiger partial charge on any atom is 0.338 e. The van der Waals surface area contributed by atoms with Gasteiger partial charge in [-0.25, -0.2) is 9.59 Å². The van der Waals surface area contributed by atoms with Crippen LogP contribution in [0.25, 0.3) is 11.8 Å². The Morgan fingerprint density at radius 1 is 1.09 bits per heavy atom. The topological polar surface area (TPSA) is 80.6 Å². The SMILES string of the molecule is CCOC(=O)c1cccc(-n2c(C)cc(/C=C3\NC(=O)N(Cc4ccc(Cl)cc4)C3=O)c2C)c1. The van der Waals surface area contributed by atoms with E-state index in [0.717, 1.165) is 33.1 Å². The fourth-order valence-corrected chi connectivity index (χ4v) is 4.09. The molecule has 0 unspecified atom stereocenters. The van der Waals surface area contributed by atoms with E-state index in [1.807, 2.05) is 30.5 Å². The first-order valence-corrected chi connectivity index (χ1v) is 11.2. The molecular weight excluding hydrogens is 454 g/mol. The maximum atomic E-state index is 12.9. The van der Waals surface area contributed by atoms with Gasteiger partial charge < -0.3 is 14.6 Å². The Bertz CT molecular complexity index is 1310. The van der Waals surface area contributed by atoms with Crippen molar-refractivity contribution < 1.29 is 19.1 Å². The number of rotatable bonds is 6. The number of ether oxygens (including phenoxy) is 1. The van der Waals surface area contributed by atoms with Crippen LogP contribution in [0.4, 0.5) is 4.79 Å². The summed E-state index contributed by atoms with van der Waals surface area (Å²) in [7, 11) is 0. The number of nitrogens with one attached hydrogen (secondary N) is 1. The maximum absolute atomic E-state index is 12.9. The highest BCUT2D eigenvalue weighted by atomic mass is 35.5. The Labute approximate surface area is 202 Å². The van der Waals surface area contributed by atoms with Crippen LogP contribution >= 0.6 is 11.6 Å². The molecule has 3 amide bonds. The van der Waals surface area contributed by atoms with Crippen molar-refractivity contribution in [1.29, 1.82) is 0 Å². The van der Waals surface area contributed by atoms with Gasteiger partial charge in [0.1, 0.15) is 5.70 Å². The van der Waals surface area contributed by atoms with Gasteiger partial charge in [0, 0.05) is 22.1 Å². The molecule has 4 rings (SSSR count). The van der Waals surface area contributed by atoms with Gasteiger partial charge in [-0.3, -0.25) is 9.69 Å². The zero-order valence-electron chi connectivity index (χ0n) is 19.1. The minimum Gasteiger partial charge on any atom is -0.462 e. The lowest BCUT2D eigenvalue weighted by Crippen LogP contribution is -2.30. The Balaban J connectivity index is 1.61. The minimum atomic E-state index is -0.470. The summed E-state index contributed by atoms with van der Waals surface area (Å²) >= 11 is 5.92. The summed E-state index contributed by atoms with van der Waals surface area (Å²) in [5.41, 5.74) is 4.84. The molecule has 1 aromatic heterocycles. The summed E-state index contributed by atoms with van der Waals surface area (Å²) in [6.45, 7) is 6.08. The molecule has 8 heteroatoms. The lowest BCUT2D eigenvalue weighted by Gasteiger charge is -2.12. The fraction of sp³-hybridized carbons (Fsp3) is 0.192. The van der Waals surface area contributed by atoms with Crippen LogP contribution in [0.1, 0.15) is 39.8 Å². The van der Waals surface area contributed by atoms with Crippen molar-refractivity contribution in [2.75, 3.05) is 6.61 Å². The van der Waals surface area contributed by atoms with E-state index in [1.54, 1.807) is 55.5 Å². The second-order valence-corrected chi connectivity index (χ2v) is 8.38. The predicted octanol–water partition coefficient (Wildman–Crippen LogP) is 5.02. The molecule has 1 N–H and O–H groups in total. The largest absolute Gasteiger partial charge is 0.462 e. The summed E-state index contributed by atoms with van der Waals surface area (Å²) in [6.07, 6.45) is 1.68. The van der Waals surface area contributed by atoms with Crippen molar-refractivity contribution in [3.63, 3.8) is 0 Å². The van der Waals surface area contributed by atoms with Crippen LogP contribution in [0.2, 0.25) is 5.02 Å². The molecule has 0 bridgehead atoms. The minimum absolute atomic E-state index is 0.152. The summed E-state index contributed by atoms with van der Waals surface area (Å²) < 4.78 is 7.09. The van der Waals surface area contributed by atoms with Crippen molar-refractivity contribution in [2.24, 2.45) is 0 Å². The quantitative estimate of drug-likeness (QED) is 0.307. The van der Waals surface area contributed by atoms with Gasteiger partial charge in [-0.15, -0.1) is 0 Å². The predicted molar refractivity (Wildman–Crippen MR) is 130 cm³/mol. The number of imide groups is 1. The summed E-state index contributed by atoms with van der Waals surface area (Å²) in [5.74, 6) is -0.775. The van der Waals surface area contributed by atoms with Gasteiger partial charge in [0.05, 0.1) is 18.7 Å². The van der Waals surface area contributed by atoms with Crippen molar-refractivity contribution in [3.8, 4) is 5.69 Å². The first-order valence-electron chi connectivity index (χ1n) is 10.8. The Hall–Kier alpha value is -3.84. The van der Waals surface area contributed by atoms with Crippen LogP contribution in [0.15, 0.2) is 60.3 Å². The molecule has 174 valence electrons. The van der Waals surface area contributed by atoms with Crippen molar-refractivity contribution in [2.45, 2.75) is 27.3 Å². The fourth-order valence-electron chi connectivity index (χ4n) is 3.96. The van der Waals surface area contributed by atoms with Crippen LogP contribution < -0.4 is 5.32 Å². The van der Waals surface area contributed by atoms with E-state index in [-0.39, 0.29) is 18.2 Å². The van der Waals surface area contributed by atoms with E-state index in [9.17, 15) is 14.4 Å². The smallest absolute Gasteiger partial charge is 0.338 e. The molecule has 2 heterocycles. The third-order valence-corrected chi connectivity index (χ3v) is 5.85. The molecule has 0 aliphatic carbocycles. The molecule has 0 saturated carbocycles. The third kappa shape index (κ3) is 4.61. The van der Waals surface area contributed by atoms with Gasteiger partial charge in [0.25, 0.3) is 5.91 Å². The highest BCUT2D eigenvalue weighted by Crippen LogP contribution is 2.25. The van der Waals surface area contributed by atoms with Gasteiger partial charge in [0.2, 0.25) is 0 Å². The van der Waals surface area contributed by atoms with Crippen LogP contribution in [0.5, 0.6) is 0 Å². The second-order valence-electron chi connectivity index (χ2n) is 7.94. The Kier molecular flexibility index (Phi) is 6.56. The molecule has 34 heavy (non-hydrogen) atoms. The van der Waals surface area contributed by atoms with E-state index >= 15 is 0 Å². The summed E-state index contributed by atoms with van der Waals surface area (Å²) in [6, 6.07) is 15.6. The summed E-state index contributed by atoms with van der Waals surface area (Å²) in [5, 5.41) is 3.26. The average molecular weight is 478 g/mol. The van der Waals surface area contributed by atoms with E-state index in [4.69, 9.17) is 16.3 Å². The molecular formula is C26H24ClN3O4. The number of halogens is 1. The van der Waals surface area contributed by atoms with Gasteiger partial charge >= 0.3 is 12.0 Å². The monoisotopic (exact) mass is 477 g/mol. The number of hydrogen-bond acceptors (Lipinski definition) is 4. The number of carbonyl (C=O) groups is 3. The van der Waals surface area contributed by atoms with Gasteiger partial charge in [0.15, 0.2) is 0 Å². The molecule has 3 aromatic rings. The Morgan fingerprint density at radius 2 is 1.82 bits per heavy atom. The van der Waals surface area contributed by atoms with Crippen molar-refractivity contribution in [1.82, 2.24) is 14.8 Å². The van der Waals surface area contributed by atoms with E-state index in [0.29, 0.717) is 17.2 Å². The number of amides is 3. The number of esters is 1. The van der Waals surface area contributed by atoms with Crippen molar-refractivity contribution >= 4 is 35.6 Å². The standard InChI is InChI=1S/C26H24ClN3O4/c1-4-34-25(32)19-6-5-7-22(13-19)30-16(2)12-20(17(30)3)14-23-24(31)29(26(33)28-23)15-18-8-10-21(27)11-9-18/h5-14H,4,15H2,1-3H3,(H,28,33)/b23-14-. The molecule has 0 atom stereocenters. The third-order valence-electron chi connectivity index (χ3n) is 5.60. The average Bonchev–Trinajstić information content (AvgIpc) is 3.24. The van der Waals surface area contributed by atoms with Gasteiger partial charge in [-0.05, 0) is 74.4 Å². The Morgan fingerprint density at radius 3 is 2.53 bits per heavy atom. The lowest BCUT2D eigenvalue weighted by molar-refractivity contribution is -0.123. The van der Waals surface area contributed by atoms with Gasteiger partial charge in [-0.2, -0.15) is 0 Å². The van der Waals surface area contributed by atoms with E-state index < -0.39 is 11.9 Å². The first-order chi connectivity index (χ1) is 16.3. The van der Waals surface area contributed by atoms with Crippen LogP contribution in [-0.2, 0) is 16.1 Å². The normalized spacial score (nSPS) is 14.6. The number of aromatic nitrogens is 1. The summed E-state index contributed by atoms with van der Waals surface area (Å²) in [4.78, 5) is 38.7. The first kappa shape index (κ1) is 23.3. The molecule has 1 saturated heterocycles. The second kappa shape index (κ2) is 9.57.